The van der Waals surface area contributed by atoms with Crippen molar-refractivity contribution in [1.29, 1.82) is 0 Å². The first-order valence-electron chi connectivity index (χ1n) is 9.84. The summed E-state index contributed by atoms with van der Waals surface area (Å²) in [5.41, 5.74) is 5.98. The van der Waals surface area contributed by atoms with Gasteiger partial charge in [-0.05, 0) is 76.8 Å². The number of unbranched alkanes of at least 4 members (excludes halogenated alkanes) is 2. The molecule has 0 N–H and O–H groups in total. The summed E-state index contributed by atoms with van der Waals surface area (Å²) < 4.78 is 5.31. The second kappa shape index (κ2) is 10.7. The lowest BCUT2D eigenvalue weighted by molar-refractivity contribution is 0.237. The van der Waals surface area contributed by atoms with Gasteiger partial charge in [0.1, 0.15) is 0 Å². The summed E-state index contributed by atoms with van der Waals surface area (Å²) >= 11 is 0. The van der Waals surface area contributed by atoms with E-state index < -0.39 is 0 Å². The molecule has 0 amide bonds. The van der Waals surface area contributed by atoms with Crippen molar-refractivity contribution in [2.75, 3.05) is 19.9 Å². The number of methoxy groups -OCH3 is 1. The van der Waals surface area contributed by atoms with Gasteiger partial charge in [-0.1, -0.05) is 12.5 Å². The van der Waals surface area contributed by atoms with Crippen LogP contribution in [0.5, 0.6) is 5.88 Å². The fraction of sp³-hybridized carbons (Fsp3) is 0.545. The molecule has 0 aliphatic rings. The van der Waals surface area contributed by atoms with Gasteiger partial charge >= 0.3 is 0 Å². The predicted octanol–water partition coefficient (Wildman–Crippen LogP) is 5.02. The second-order valence-electron chi connectivity index (χ2n) is 7.30. The average molecular weight is 388 g/mol. The number of aromatic nitrogens is 2. The van der Waals surface area contributed by atoms with E-state index >= 15 is 0 Å². The van der Waals surface area contributed by atoms with E-state index in [4.69, 9.17) is 4.74 Å². The molecule has 0 aliphatic heterocycles. The lowest BCUT2D eigenvalue weighted by Gasteiger charge is -2.28. The van der Waals surface area contributed by atoms with Crippen molar-refractivity contribution in [2.24, 2.45) is 0 Å². The van der Waals surface area contributed by atoms with Gasteiger partial charge in [0.15, 0.2) is 0 Å². The van der Waals surface area contributed by atoms with Gasteiger partial charge in [0, 0.05) is 29.8 Å². The Balaban J connectivity index is 1.84. The average Bonchev–Trinajstić information content (AvgIpc) is 2.64. The van der Waals surface area contributed by atoms with Crippen LogP contribution in [0.4, 0.5) is 0 Å². The van der Waals surface area contributed by atoms with Crippen LogP contribution < -0.4 is 4.74 Å². The number of hydrogen-bond donors (Lipinski definition) is 0. The highest BCUT2D eigenvalue weighted by Crippen LogP contribution is 2.25. The molecule has 0 saturated heterocycles. The second-order valence-corrected chi connectivity index (χ2v) is 7.66. The molecule has 2 aromatic rings. The van der Waals surface area contributed by atoms with Crippen molar-refractivity contribution < 1.29 is 4.74 Å². The largest absolute Gasteiger partial charge is 0.481 e. The highest BCUT2D eigenvalue weighted by molar-refractivity contribution is 7.16. The minimum absolute atomic E-state index is 0.281. The molecule has 0 aromatic carbocycles. The Hall–Kier alpha value is -1.51. The smallest absolute Gasteiger partial charge is 0.213 e. The molecule has 2 heterocycles. The summed E-state index contributed by atoms with van der Waals surface area (Å²) in [4.78, 5) is 11.6. The Morgan fingerprint density at radius 3 is 2.37 bits per heavy atom. The number of aryl methyl sites for hydroxylation is 4. The number of ether oxygens (including phenoxy) is 1. The van der Waals surface area contributed by atoms with E-state index in [1.807, 2.05) is 6.07 Å². The first-order valence-corrected chi connectivity index (χ1v) is 10.7. The summed E-state index contributed by atoms with van der Waals surface area (Å²) in [6.07, 6.45) is 5.74. The fourth-order valence-corrected chi connectivity index (χ4v) is 4.06. The molecule has 0 radical (unpaired) electrons. The molecule has 5 heteroatoms. The molecule has 0 saturated carbocycles. The molecule has 0 spiro atoms. The Morgan fingerprint density at radius 2 is 1.74 bits per heavy atom. The highest BCUT2D eigenvalue weighted by Gasteiger charge is 2.18. The number of pyridine rings is 2. The molecule has 0 fully saturated rings. The summed E-state index contributed by atoms with van der Waals surface area (Å²) in [6.45, 7) is 9.59. The Morgan fingerprint density at radius 1 is 1.04 bits per heavy atom. The molecular weight excluding hydrogens is 353 g/mol. The molecule has 2 aromatic heterocycles. The van der Waals surface area contributed by atoms with Crippen molar-refractivity contribution in [3.63, 3.8) is 0 Å². The van der Waals surface area contributed by atoms with Gasteiger partial charge in [-0.2, -0.15) is 0 Å². The van der Waals surface area contributed by atoms with Crippen LogP contribution in [0.25, 0.3) is 0 Å². The highest BCUT2D eigenvalue weighted by atomic mass is 31.0. The quantitative estimate of drug-likeness (QED) is 0.424. The van der Waals surface area contributed by atoms with Crippen molar-refractivity contribution in [3.8, 4) is 5.88 Å². The van der Waals surface area contributed by atoms with Gasteiger partial charge in [0.05, 0.1) is 12.8 Å². The van der Waals surface area contributed by atoms with Crippen molar-refractivity contribution in [2.45, 2.75) is 59.4 Å². The van der Waals surface area contributed by atoms with Crippen molar-refractivity contribution >= 4 is 9.24 Å². The maximum Gasteiger partial charge on any atom is 0.213 e. The third-order valence-corrected chi connectivity index (χ3v) is 5.52. The van der Waals surface area contributed by atoms with Gasteiger partial charge in [-0.15, -0.1) is 9.24 Å². The molecular formula is C22H34N3OP. The lowest BCUT2D eigenvalue weighted by atomic mass is 10.1. The maximum atomic E-state index is 5.31. The fourth-order valence-electron chi connectivity index (χ4n) is 3.56. The zero-order valence-electron chi connectivity index (χ0n) is 17.5. The Labute approximate surface area is 167 Å². The molecule has 0 aliphatic carbocycles. The van der Waals surface area contributed by atoms with E-state index in [2.05, 4.69) is 70.0 Å². The third kappa shape index (κ3) is 6.55. The van der Waals surface area contributed by atoms with Gasteiger partial charge < -0.3 is 4.74 Å². The van der Waals surface area contributed by atoms with Crippen LogP contribution in [0.2, 0.25) is 0 Å². The van der Waals surface area contributed by atoms with Crippen LogP contribution in [-0.2, 0) is 6.42 Å². The van der Waals surface area contributed by atoms with Crippen molar-refractivity contribution in [1.82, 2.24) is 14.9 Å². The van der Waals surface area contributed by atoms with Crippen LogP contribution in [0, 0.1) is 20.8 Å². The topological polar surface area (TPSA) is 38.2 Å². The Bertz CT molecular complexity index is 715. The van der Waals surface area contributed by atoms with Gasteiger partial charge in [-0.3, -0.25) is 9.88 Å². The zero-order valence-corrected chi connectivity index (χ0v) is 18.6. The summed E-state index contributed by atoms with van der Waals surface area (Å²) in [7, 11) is 4.54. The number of hydrogen-bond acceptors (Lipinski definition) is 4. The van der Waals surface area contributed by atoms with Gasteiger partial charge in [-0.25, -0.2) is 4.98 Å². The van der Waals surface area contributed by atoms with E-state index in [1.165, 1.54) is 30.4 Å². The van der Waals surface area contributed by atoms with E-state index in [0.717, 1.165) is 36.3 Å². The minimum atomic E-state index is 0.281. The van der Waals surface area contributed by atoms with E-state index in [9.17, 15) is 0 Å². The first-order chi connectivity index (χ1) is 12.9. The summed E-state index contributed by atoms with van der Waals surface area (Å²) in [5, 5.41) is 0. The molecule has 27 heavy (non-hydrogen) atoms. The van der Waals surface area contributed by atoms with Crippen LogP contribution in [0.3, 0.4) is 0 Å². The van der Waals surface area contributed by atoms with Gasteiger partial charge in [0.25, 0.3) is 0 Å². The van der Waals surface area contributed by atoms with Crippen LogP contribution in [0.15, 0.2) is 24.3 Å². The van der Waals surface area contributed by atoms with Crippen LogP contribution in [0.1, 0.15) is 60.4 Å². The zero-order chi connectivity index (χ0) is 19.8. The Kier molecular flexibility index (Phi) is 8.66. The lowest BCUT2D eigenvalue weighted by Crippen LogP contribution is -2.28. The minimum Gasteiger partial charge on any atom is -0.481 e. The standard InChI is InChI=1S/C22H34N3OP/c1-16-10-11-21(26-5)24-22(16)19(4)25(15-27)12-8-6-7-9-20-13-17(2)23-18(3)14-20/h10-11,13-14,19H,6-9,12,15,27H2,1-5H3. The molecule has 2 unspecified atom stereocenters. The van der Waals surface area contributed by atoms with Crippen LogP contribution in [-0.4, -0.2) is 34.8 Å². The summed E-state index contributed by atoms with van der Waals surface area (Å²) in [5.74, 6) is 0.689. The SMILES string of the molecule is COc1ccc(C)c(C(C)N(CP)CCCCCc2cc(C)nc(C)c2)n1. The number of nitrogens with zero attached hydrogens (tertiary/aromatic N) is 3. The van der Waals surface area contributed by atoms with Gasteiger partial charge in [0.2, 0.25) is 5.88 Å². The first kappa shape index (κ1) is 21.8. The van der Waals surface area contributed by atoms with E-state index in [0.29, 0.717) is 5.88 Å². The van der Waals surface area contributed by atoms with Crippen LogP contribution >= 0.6 is 9.24 Å². The van der Waals surface area contributed by atoms with E-state index in [-0.39, 0.29) is 6.04 Å². The van der Waals surface area contributed by atoms with Crippen molar-refractivity contribution in [3.05, 3.63) is 52.5 Å². The predicted molar refractivity (Wildman–Crippen MR) is 116 cm³/mol. The molecule has 2 atom stereocenters. The molecule has 4 nitrogen and oxygen atoms in total. The summed E-state index contributed by atoms with van der Waals surface area (Å²) in [6, 6.07) is 8.72. The van der Waals surface area contributed by atoms with E-state index in [1.54, 1.807) is 7.11 Å². The molecule has 148 valence electrons. The normalized spacial score (nSPS) is 12.4. The monoisotopic (exact) mass is 387 g/mol. The molecule has 2 rings (SSSR count). The molecule has 0 bridgehead atoms. The number of rotatable bonds is 10. The third-order valence-electron chi connectivity index (χ3n) is 5.05. The maximum absolute atomic E-state index is 5.31.